The minimum Gasteiger partial charge on any atom is -0.374 e. The Hall–Kier alpha value is -0.730. The van der Waals surface area contributed by atoms with Crippen LogP contribution in [-0.4, -0.2) is 20.6 Å². The van der Waals surface area contributed by atoms with Crippen LogP contribution in [0.3, 0.4) is 0 Å². The van der Waals surface area contributed by atoms with Gasteiger partial charge in [0.15, 0.2) is 0 Å². The molecule has 1 saturated carbocycles. The predicted molar refractivity (Wildman–Crippen MR) is 88.8 cm³/mol. The average Bonchev–Trinajstić information content (AvgIpc) is 2.47. The van der Waals surface area contributed by atoms with Gasteiger partial charge in [-0.05, 0) is 50.4 Å². The van der Waals surface area contributed by atoms with Crippen LogP contribution in [0.2, 0.25) is 5.02 Å². The number of halogens is 1. The first-order valence-electron chi connectivity index (χ1n) is 7.79. The molecule has 1 aliphatic carbocycles. The van der Waals surface area contributed by atoms with Crippen LogP contribution < -0.4 is 10.2 Å². The number of hydrogen-bond acceptors (Lipinski definition) is 2. The van der Waals surface area contributed by atoms with Crippen molar-refractivity contribution in [2.75, 3.05) is 25.5 Å². The number of anilines is 1. The number of nitrogens with zero attached hydrogens (tertiary/aromatic N) is 1. The first-order chi connectivity index (χ1) is 9.61. The van der Waals surface area contributed by atoms with E-state index in [2.05, 4.69) is 42.4 Å². The van der Waals surface area contributed by atoms with E-state index in [0.29, 0.717) is 6.04 Å². The number of hydrogen-bond donors (Lipinski definition) is 1. The maximum Gasteiger partial charge on any atom is 0.0474 e. The summed E-state index contributed by atoms with van der Waals surface area (Å²) < 4.78 is 0. The van der Waals surface area contributed by atoms with Crippen molar-refractivity contribution >= 4 is 17.3 Å². The highest BCUT2D eigenvalue weighted by Crippen LogP contribution is 2.29. The average molecular weight is 295 g/mol. The van der Waals surface area contributed by atoms with Gasteiger partial charge in [-0.25, -0.2) is 0 Å². The summed E-state index contributed by atoms with van der Waals surface area (Å²) in [4.78, 5) is 2.36. The molecule has 1 aliphatic rings. The lowest BCUT2D eigenvalue weighted by atomic mass is 9.89. The van der Waals surface area contributed by atoms with Gasteiger partial charge in [0.05, 0.1) is 0 Å². The lowest BCUT2D eigenvalue weighted by molar-refractivity contribution is 0.362. The summed E-state index contributed by atoms with van der Waals surface area (Å²) in [6.45, 7) is 3.28. The Morgan fingerprint density at radius 1 is 1.30 bits per heavy atom. The molecule has 1 aromatic rings. The minimum atomic E-state index is 0.292. The van der Waals surface area contributed by atoms with Crippen LogP contribution in [0.5, 0.6) is 0 Å². The summed E-state index contributed by atoms with van der Waals surface area (Å²) >= 11 is 6.42. The molecule has 0 heterocycles. The van der Waals surface area contributed by atoms with Crippen molar-refractivity contribution < 1.29 is 0 Å². The van der Waals surface area contributed by atoms with Gasteiger partial charge in [-0.2, -0.15) is 0 Å². The highest BCUT2D eigenvalue weighted by Gasteiger charge is 2.16. The lowest BCUT2D eigenvalue weighted by Gasteiger charge is -2.29. The van der Waals surface area contributed by atoms with Gasteiger partial charge < -0.3 is 10.2 Å². The van der Waals surface area contributed by atoms with Gasteiger partial charge in [0.1, 0.15) is 0 Å². The van der Waals surface area contributed by atoms with Crippen molar-refractivity contribution in [1.29, 1.82) is 0 Å². The standard InChI is InChI=1S/C17H27ClN2/c1-13(19-2)16-10-9-15(11-17(16)18)20(3)12-14-7-5-4-6-8-14/h9-11,13-14,19H,4-8,12H2,1-3H3. The molecule has 0 bridgehead atoms. The second-order valence-electron chi connectivity index (χ2n) is 6.10. The van der Waals surface area contributed by atoms with Gasteiger partial charge in [-0.3, -0.25) is 0 Å². The molecule has 1 N–H and O–H groups in total. The molecule has 0 radical (unpaired) electrons. The van der Waals surface area contributed by atoms with Gasteiger partial charge in [0.25, 0.3) is 0 Å². The summed E-state index contributed by atoms with van der Waals surface area (Å²) in [5.74, 6) is 0.850. The summed E-state index contributed by atoms with van der Waals surface area (Å²) in [5.41, 5.74) is 2.40. The van der Waals surface area contributed by atoms with Gasteiger partial charge in [-0.1, -0.05) is 36.9 Å². The van der Waals surface area contributed by atoms with E-state index in [1.165, 1.54) is 43.4 Å². The van der Waals surface area contributed by atoms with Gasteiger partial charge in [0, 0.05) is 30.3 Å². The van der Waals surface area contributed by atoms with E-state index in [9.17, 15) is 0 Å². The second kappa shape index (κ2) is 7.33. The Labute approximate surface area is 128 Å². The van der Waals surface area contributed by atoms with Crippen LogP contribution in [0, 0.1) is 5.92 Å². The van der Waals surface area contributed by atoms with Crippen molar-refractivity contribution in [2.45, 2.75) is 45.1 Å². The quantitative estimate of drug-likeness (QED) is 0.851. The molecular weight excluding hydrogens is 268 g/mol. The molecule has 112 valence electrons. The van der Waals surface area contributed by atoms with Crippen molar-refractivity contribution in [1.82, 2.24) is 5.32 Å². The molecular formula is C17H27ClN2. The predicted octanol–water partition coefficient (Wildman–Crippen LogP) is 4.64. The maximum atomic E-state index is 6.42. The zero-order valence-electron chi connectivity index (χ0n) is 13.0. The highest BCUT2D eigenvalue weighted by molar-refractivity contribution is 6.31. The third-order valence-electron chi connectivity index (χ3n) is 4.58. The van der Waals surface area contributed by atoms with Crippen LogP contribution in [0.25, 0.3) is 0 Å². The molecule has 1 atom stereocenters. The molecule has 0 amide bonds. The van der Waals surface area contributed by atoms with Gasteiger partial charge in [-0.15, -0.1) is 0 Å². The van der Waals surface area contributed by atoms with Crippen LogP contribution in [-0.2, 0) is 0 Å². The molecule has 2 rings (SSSR count). The molecule has 0 spiro atoms. The fraction of sp³-hybridized carbons (Fsp3) is 0.647. The maximum absolute atomic E-state index is 6.42. The first kappa shape index (κ1) is 15.7. The summed E-state index contributed by atoms with van der Waals surface area (Å²) in [6.07, 6.45) is 6.98. The monoisotopic (exact) mass is 294 g/mol. The molecule has 0 aromatic heterocycles. The molecule has 0 aliphatic heterocycles. The minimum absolute atomic E-state index is 0.292. The van der Waals surface area contributed by atoms with E-state index in [-0.39, 0.29) is 0 Å². The Morgan fingerprint density at radius 3 is 2.60 bits per heavy atom. The number of benzene rings is 1. The lowest BCUT2D eigenvalue weighted by Crippen LogP contribution is -2.26. The third kappa shape index (κ3) is 3.89. The molecule has 3 heteroatoms. The third-order valence-corrected chi connectivity index (χ3v) is 4.91. The van der Waals surface area contributed by atoms with Crippen molar-refractivity contribution in [3.63, 3.8) is 0 Å². The van der Waals surface area contributed by atoms with Gasteiger partial charge >= 0.3 is 0 Å². The van der Waals surface area contributed by atoms with E-state index in [4.69, 9.17) is 11.6 Å². The molecule has 0 saturated heterocycles. The Balaban J connectivity index is 2.02. The van der Waals surface area contributed by atoms with E-state index in [1.807, 2.05) is 7.05 Å². The molecule has 20 heavy (non-hydrogen) atoms. The zero-order chi connectivity index (χ0) is 14.5. The van der Waals surface area contributed by atoms with Crippen molar-refractivity contribution in [3.05, 3.63) is 28.8 Å². The summed E-state index contributed by atoms with van der Waals surface area (Å²) in [5, 5.41) is 4.10. The van der Waals surface area contributed by atoms with Crippen LogP contribution >= 0.6 is 11.6 Å². The fourth-order valence-corrected chi connectivity index (χ4v) is 3.46. The zero-order valence-corrected chi connectivity index (χ0v) is 13.7. The Bertz CT molecular complexity index is 427. The van der Waals surface area contributed by atoms with Gasteiger partial charge in [0.2, 0.25) is 0 Å². The highest BCUT2D eigenvalue weighted by atomic mass is 35.5. The van der Waals surface area contributed by atoms with Crippen LogP contribution in [0.1, 0.15) is 50.6 Å². The summed E-state index contributed by atoms with van der Waals surface area (Å²) in [7, 11) is 4.14. The first-order valence-corrected chi connectivity index (χ1v) is 8.17. The van der Waals surface area contributed by atoms with E-state index < -0.39 is 0 Å². The van der Waals surface area contributed by atoms with Crippen LogP contribution in [0.4, 0.5) is 5.69 Å². The number of rotatable bonds is 5. The van der Waals surface area contributed by atoms with E-state index in [0.717, 1.165) is 17.5 Å². The topological polar surface area (TPSA) is 15.3 Å². The number of nitrogens with one attached hydrogen (secondary N) is 1. The Kier molecular flexibility index (Phi) is 5.74. The smallest absolute Gasteiger partial charge is 0.0474 e. The normalized spacial score (nSPS) is 18.0. The molecule has 2 nitrogen and oxygen atoms in total. The molecule has 1 unspecified atom stereocenters. The second-order valence-corrected chi connectivity index (χ2v) is 6.51. The van der Waals surface area contributed by atoms with Crippen molar-refractivity contribution in [3.8, 4) is 0 Å². The van der Waals surface area contributed by atoms with Crippen molar-refractivity contribution in [2.24, 2.45) is 5.92 Å². The molecule has 1 aromatic carbocycles. The summed E-state index contributed by atoms with van der Waals surface area (Å²) in [6, 6.07) is 6.74. The van der Waals surface area contributed by atoms with E-state index >= 15 is 0 Å². The fourth-order valence-electron chi connectivity index (χ4n) is 3.12. The molecule has 1 fully saturated rings. The van der Waals surface area contributed by atoms with Crippen LogP contribution in [0.15, 0.2) is 18.2 Å². The SMILES string of the molecule is CNC(C)c1ccc(N(C)CC2CCCCC2)cc1Cl. The Morgan fingerprint density at radius 2 is 2.00 bits per heavy atom. The van der Waals surface area contributed by atoms with E-state index in [1.54, 1.807) is 0 Å². The largest absolute Gasteiger partial charge is 0.374 e.